The molecule has 3 aliphatic heterocycles. The van der Waals surface area contributed by atoms with Gasteiger partial charge in [0.05, 0.1) is 0 Å². The maximum atomic E-state index is 3.57. The van der Waals surface area contributed by atoms with E-state index in [4.69, 9.17) is 0 Å². The first-order valence-corrected chi connectivity index (χ1v) is 8.93. The summed E-state index contributed by atoms with van der Waals surface area (Å²) in [5.74, 6) is 0.965. The minimum atomic E-state index is 0.752. The molecule has 1 aliphatic carbocycles. The molecule has 3 heterocycles. The summed E-state index contributed by atoms with van der Waals surface area (Å²) >= 11 is 0. The van der Waals surface area contributed by atoms with Crippen LogP contribution in [-0.4, -0.2) is 61.2 Å². The van der Waals surface area contributed by atoms with Crippen LogP contribution in [0.25, 0.3) is 0 Å². The molecule has 0 radical (unpaired) electrons. The summed E-state index contributed by atoms with van der Waals surface area (Å²) in [4.78, 5) is 5.53. The van der Waals surface area contributed by atoms with E-state index < -0.39 is 0 Å². The Morgan fingerprint density at radius 2 is 1.75 bits per heavy atom. The Hall–Kier alpha value is -0.120. The quantitative estimate of drug-likeness (QED) is 0.832. The lowest BCUT2D eigenvalue weighted by Gasteiger charge is -2.59. The van der Waals surface area contributed by atoms with Crippen molar-refractivity contribution in [3.05, 3.63) is 0 Å². The largest absolute Gasteiger partial charge is 0.315 e. The van der Waals surface area contributed by atoms with Crippen molar-refractivity contribution >= 4 is 0 Å². The third-order valence-electron chi connectivity index (χ3n) is 6.59. The molecule has 0 bridgehead atoms. The Kier molecular flexibility index (Phi) is 3.56. The van der Waals surface area contributed by atoms with Gasteiger partial charge in [-0.15, -0.1) is 0 Å². The zero-order chi connectivity index (χ0) is 13.6. The zero-order valence-corrected chi connectivity index (χ0v) is 13.1. The van der Waals surface area contributed by atoms with E-state index in [0.717, 1.165) is 23.4 Å². The molecule has 3 heteroatoms. The number of nitrogens with zero attached hydrogens (tertiary/aromatic N) is 2. The topological polar surface area (TPSA) is 18.5 Å². The summed E-state index contributed by atoms with van der Waals surface area (Å²) in [5.41, 5.74) is 0.752. The number of piperidine rings is 2. The fraction of sp³-hybridized carbons (Fsp3) is 1.00. The summed E-state index contributed by atoms with van der Waals surface area (Å²) in [6.07, 6.45) is 8.77. The van der Waals surface area contributed by atoms with Crippen LogP contribution in [0.3, 0.4) is 0 Å². The fourth-order valence-corrected chi connectivity index (χ4v) is 5.16. The number of hydrogen-bond donors (Lipinski definition) is 1. The van der Waals surface area contributed by atoms with E-state index in [-0.39, 0.29) is 0 Å². The summed E-state index contributed by atoms with van der Waals surface area (Å²) in [7, 11) is 0. The molecule has 4 rings (SSSR count). The van der Waals surface area contributed by atoms with Crippen LogP contribution in [0.15, 0.2) is 0 Å². The van der Waals surface area contributed by atoms with E-state index in [2.05, 4.69) is 22.0 Å². The zero-order valence-electron chi connectivity index (χ0n) is 13.1. The highest BCUT2D eigenvalue weighted by Crippen LogP contribution is 2.52. The lowest BCUT2D eigenvalue weighted by atomic mass is 9.59. The van der Waals surface area contributed by atoms with Gasteiger partial charge in [-0.1, -0.05) is 6.92 Å². The predicted octanol–water partition coefficient (Wildman–Crippen LogP) is 1.93. The number of likely N-dealkylation sites (tertiary alicyclic amines) is 2. The molecule has 1 saturated carbocycles. The third-order valence-corrected chi connectivity index (χ3v) is 6.59. The lowest BCUT2D eigenvalue weighted by Crippen LogP contribution is -2.61. The summed E-state index contributed by atoms with van der Waals surface area (Å²) < 4.78 is 0. The van der Waals surface area contributed by atoms with Crippen molar-refractivity contribution in [1.29, 1.82) is 0 Å². The molecule has 1 unspecified atom stereocenters. The molecule has 0 aromatic heterocycles. The second-order valence-corrected chi connectivity index (χ2v) is 8.16. The van der Waals surface area contributed by atoms with Crippen LogP contribution in [0.4, 0.5) is 0 Å². The van der Waals surface area contributed by atoms with Gasteiger partial charge in [0.2, 0.25) is 0 Å². The third kappa shape index (κ3) is 2.42. The van der Waals surface area contributed by atoms with Gasteiger partial charge in [-0.05, 0) is 69.5 Å². The minimum Gasteiger partial charge on any atom is -0.315 e. The maximum Gasteiger partial charge on any atom is 0.0221 e. The fourth-order valence-electron chi connectivity index (χ4n) is 5.16. The van der Waals surface area contributed by atoms with Gasteiger partial charge in [0.25, 0.3) is 0 Å². The van der Waals surface area contributed by atoms with E-state index in [9.17, 15) is 0 Å². The molecule has 114 valence electrons. The van der Waals surface area contributed by atoms with Crippen molar-refractivity contribution in [3.8, 4) is 0 Å². The first-order valence-electron chi connectivity index (χ1n) is 8.93. The van der Waals surface area contributed by atoms with Gasteiger partial charge in [0, 0.05) is 31.7 Å². The molecule has 0 amide bonds. The van der Waals surface area contributed by atoms with Gasteiger partial charge < -0.3 is 5.32 Å². The highest BCUT2D eigenvalue weighted by molar-refractivity contribution is 5.03. The Labute approximate surface area is 124 Å². The van der Waals surface area contributed by atoms with E-state index >= 15 is 0 Å². The Balaban J connectivity index is 1.24. The molecule has 1 N–H and O–H groups in total. The Bertz CT molecular complexity index is 328. The van der Waals surface area contributed by atoms with Crippen molar-refractivity contribution in [2.75, 3.05) is 39.3 Å². The van der Waals surface area contributed by atoms with Crippen molar-refractivity contribution in [2.24, 2.45) is 11.3 Å². The number of nitrogens with one attached hydrogen (secondary N) is 1. The van der Waals surface area contributed by atoms with Gasteiger partial charge in [0.15, 0.2) is 0 Å². The van der Waals surface area contributed by atoms with E-state index in [1.807, 2.05) is 0 Å². The highest BCUT2D eigenvalue weighted by atomic mass is 15.2. The SMILES string of the molecule is CC1CN(C2CC3(CCN(C4CCCNC4)CC3)C2)C1. The monoisotopic (exact) mass is 277 g/mol. The molecule has 4 fully saturated rings. The molecule has 3 saturated heterocycles. The van der Waals surface area contributed by atoms with E-state index in [1.165, 1.54) is 77.8 Å². The standard InChI is InChI=1S/C17H31N3/c1-14-12-20(13-14)16-9-17(10-16)4-7-19(8-5-17)15-3-2-6-18-11-15/h14-16,18H,2-13H2,1H3. The highest BCUT2D eigenvalue weighted by Gasteiger charge is 2.49. The molecule has 4 aliphatic rings. The first kappa shape index (κ1) is 13.5. The molecule has 3 nitrogen and oxygen atoms in total. The van der Waals surface area contributed by atoms with Crippen molar-refractivity contribution in [3.63, 3.8) is 0 Å². The van der Waals surface area contributed by atoms with Crippen LogP contribution in [-0.2, 0) is 0 Å². The van der Waals surface area contributed by atoms with Crippen LogP contribution in [0.2, 0.25) is 0 Å². The molecule has 1 atom stereocenters. The summed E-state index contributed by atoms with van der Waals surface area (Å²) in [6, 6.07) is 1.79. The smallest absolute Gasteiger partial charge is 0.0221 e. The van der Waals surface area contributed by atoms with Gasteiger partial charge in [-0.2, -0.15) is 0 Å². The molecule has 0 aromatic carbocycles. The number of hydrogen-bond acceptors (Lipinski definition) is 3. The second-order valence-electron chi connectivity index (χ2n) is 8.16. The van der Waals surface area contributed by atoms with Crippen molar-refractivity contribution < 1.29 is 0 Å². The number of rotatable bonds is 2. The van der Waals surface area contributed by atoms with E-state index in [0.29, 0.717) is 0 Å². The van der Waals surface area contributed by atoms with Crippen LogP contribution >= 0.6 is 0 Å². The Morgan fingerprint density at radius 1 is 1.00 bits per heavy atom. The molecule has 0 aromatic rings. The average molecular weight is 277 g/mol. The van der Waals surface area contributed by atoms with E-state index in [1.54, 1.807) is 0 Å². The van der Waals surface area contributed by atoms with Crippen LogP contribution < -0.4 is 5.32 Å². The minimum absolute atomic E-state index is 0.752. The average Bonchev–Trinajstić information content (AvgIpc) is 2.43. The molecular formula is C17H31N3. The van der Waals surface area contributed by atoms with Crippen LogP contribution in [0.5, 0.6) is 0 Å². The van der Waals surface area contributed by atoms with Gasteiger partial charge in [-0.25, -0.2) is 0 Å². The Morgan fingerprint density at radius 3 is 2.35 bits per heavy atom. The summed E-state index contributed by atoms with van der Waals surface area (Å²) in [6.45, 7) is 10.4. The normalized spacial score (nSPS) is 36.8. The molecule has 20 heavy (non-hydrogen) atoms. The van der Waals surface area contributed by atoms with Gasteiger partial charge in [0.1, 0.15) is 0 Å². The second kappa shape index (κ2) is 5.26. The molecule has 1 spiro atoms. The van der Waals surface area contributed by atoms with Crippen LogP contribution in [0.1, 0.15) is 45.4 Å². The van der Waals surface area contributed by atoms with Gasteiger partial charge in [-0.3, -0.25) is 9.80 Å². The summed E-state index contributed by atoms with van der Waals surface area (Å²) in [5, 5.41) is 3.57. The maximum absolute atomic E-state index is 3.57. The van der Waals surface area contributed by atoms with Crippen molar-refractivity contribution in [2.45, 2.75) is 57.5 Å². The molecular weight excluding hydrogens is 246 g/mol. The predicted molar refractivity (Wildman–Crippen MR) is 82.9 cm³/mol. The van der Waals surface area contributed by atoms with Crippen molar-refractivity contribution in [1.82, 2.24) is 15.1 Å². The van der Waals surface area contributed by atoms with Crippen LogP contribution in [0, 0.1) is 11.3 Å². The first-order chi connectivity index (χ1) is 9.74. The van der Waals surface area contributed by atoms with Gasteiger partial charge >= 0.3 is 0 Å². The lowest BCUT2D eigenvalue weighted by molar-refractivity contribution is -0.0816.